The Labute approximate surface area is 129 Å². The van der Waals surface area contributed by atoms with Crippen molar-refractivity contribution < 1.29 is 4.74 Å². The Hall–Kier alpha value is -1.78. The monoisotopic (exact) mass is 348 g/mol. The Balaban J connectivity index is 2.09. The summed E-state index contributed by atoms with van der Waals surface area (Å²) in [6.07, 6.45) is 1.64. The Morgan fingerprint density at radius 2 is 1.85 bits per heavy atom. The number of aromatic nitrogens is 1. The lowest BCUT2D eigenvalue weighted by atomic mass is 10.1. The van der Waals surface area contributed by atoms with Crippen LogP contribution in [-0.2, 0) is 0 Å². The predicted octanol–water partition coefficient (Wildman–Crippen LogP) is 5.03. The van der Waals surface area contributed by atoms with Crippen LogP contribution in [0.5, 0.6) is 11.6 Å². The minimum absolute atomic E-state index is 0.366. The normalized spacial score (nSPS) is 10.7. The van der Waals surface area contributed by atoms with Gasteiger partial charge >= 0.3 is 0 Å². The number of hydrogen-bond acceptors (Lipinski definition) is 3. The number of nitrogens with zero attached hydrogens (tertiary/aromatic N) is 1. The van der Waals surface area contributed by atoms with E-state index in [1.807, 2.05) is 36.4 Å². The second-order valence-electron chi connectivity index (χ2n) is 4.24. The summed E-state index contributed by atoms with van der Waals surface area (Å²) in [5.41, 5.74) is 6.68. The van der Waals surface area contributed by atoms with Gasteiger partial charge in [0.25, 0.3) is 0 Å². The molecule has 100 valence electrons. The molecule has 3 rings (SSSR count). The summed E-state index contributed by atoms with van der Waals surface area (Å²) >= 11 is 9.43. The average Bonchev–Trinajstić information content (AvgIpc) is 2.45. The molecule has 0 aliphatic carbocycles. The molecular weight excluding hydrogens is 340 g/mol. The molecule has 3 nitrogen and oxygen atoms in total. The highest BCUT2D eigenvalue weighted by Crippen LogP contribution is 2.35. The first-order valence-corrected chi connectivity index (χ1v) is 7.08. The van der Waals surface area contributed by atoms with Crippen molar-refractivity contribution in [1.82, 2.24) is 4.98 Å². The van der Waals surface area contributed by atoms with Crippen LogP contribution in [0.4, 0.5) is 5.69 Å². The molecule has 0 bridgehead atoms. The molecule has 0 aliphatic rings. The maximum absolute atomic E-state index is 6.12. The number of anilines is 1. The SMILES string of the molecule is Nc1ccc(Oc2ncc(Br)cc2Cl)c2ccccc12. The van der Waals surface area contributed by atoms with E-state index in [4.69, 9.17) is 22.1 Å². The Kier molecular flexibility index (Phi) is 3.51. The van der Waals surface area contributed by atoms with Gasteiger partial charge in [0.1, 0.15) is 10.8 Å². The van der Waals surface area contributed by atoms with Gasteiger partial charge in [0.05, 0.1) is 0 Å². The highest BCUT2D eigenvalue weighted by atomic mass is 79.9. The minimum Gasteiger partial charge on any atom is -0.437 e. The lowest BCUT2D eigenvalue weighted by Gasteiger charge is -2.10. The number of rotatable bonds is 2. The number of hydrogen-bond donors (Lipinski definition) is 1. The smallest absolute Gasteiger partial charge is 0.238 e. The standard InChI is InChI=1S/C15H10BrClN2O/c16-9-7-12(17)15(19-8-9)20-14-6-5-13(18)10-3-1-2-4-11(10)14/h1-8H,18H2. The van der Waals surface area contributed by atoms with Crippen LogP contribution in [0.3, 0.4) is 0 Å². The predicted molar refractivity (Wildman–Crippen MR) is 85.4 cm³/mol. The molecule has 3 aromatic rings. The van der Waals surface area contributed by atoms with Crippen molar-refractivity contribution in [2.75, 3.05) is 5.73 Å². The molecular formula is C15H10BrClN2O. The molecule has 0 atom stereocenters. The van der Waals surface area contributed by atoms with Gasteiger partial charge in [-0.3, -0.25) is 0 Å². The number of halogens is 2. The summed E-state index contributed by atoms with van der Waals surface area (Å²) in [5, 5.41) is 2.31. The van der Waals surface area contributed by atoms with E-state index < -0.39 is 0 Å². The number of benzene rings is 2. The summed E-state index contributed by atoms with van der Waals surface area (Å²) in [6, 6.07) is 13.1. The van der Waals surface area contributed by atoms with Crippen LogP contribution >= 0.6 is 27.5 Å². The second kappa shape index (κ2) is 5.31. The van der Waals surface area contributed by atoms with E-state index in [9.17, 15) is 0 Å². The van der Waals surface area contributed by atoms with Gasteiger partial charge < -0.3 is 10.5 Å². The molecule has 2 aromatic carbocycles. The third-order valence-electron chi connectivity index (χ3n) is 2.90. The van der Waals surface area contributed by atoms with Gasteiger partial charge in [-0.05, 0) is 34.1 Å². The van der Waals surface area contributed by atoms with Crippen LogP contribution in [0, 0.1) is 0 Å². The molecule has 2 N–H and O–H groups in total. The van der Waals surface area contributed by atoms with E-state index in [0.717, 1.165) is 15.2 Å². The highest BCUT2D eigenvalue weighted by Gasteiger charge is 2.09. The maximum atomic E-state index is 6.12. The number of fused-ring (bicyclic) bond motifs is 1. The van der Waals surface area contributed by atoms with Crippen molar-refractivity contribution in [2.24, 2.45) is 0 Å². The summed E-state index contributed by atoms with van der Waals surface area (Å²) in [6.45, 7) is 0. The molecule has 0 amide bonds. The zero-order valence-corrected chi connectivity index (χ0v) is 12.6. The van der Waals surface area contributed by atoms with Crippen molar-refractivity contribution in [3.8, 4) is 11.6 Å². The second-order valence-corrected chi connectivity index (χ2v) is 5.56. The van der Waals surface area contributed by atoms with Crippen molar-refractivity contribution in [1.29, 1.82) is 0 Å². The molecule has 0 saturated heterocycles. The van der Waals surface area contributed by atoms with E-state index in [-0.39, 0.29) is 0 Å². The van der Waals surface area contributed by atoms with Crippen molar-refractivity contribution in [3.63, 3.8) is 0 Å². The van der Waals surface area contributed by atoms with E-state index in [2.05, 4.69) is 20.9 Å². The van der Waals surface area contributed by atoms with Crippen molar-refractivity contribution >= 4 is 44.0 Å². The third kappa shape index (κ3) is 2.44. The number of ether oxygens (including phenoxy) is 1. The maximum Gasteiger partial charge on any atom is 0.238 e. The molecule has 0 fully saturated rings. The molecule has 20 heavy (non-hydrogen) atoms. The molecule has 0 radical (unpaired) electrons. The average molecular weight is 350 g/mol. The van der Waals surface area contributed by atoms with Crippen LogP contribution in [0.15, 0.2) is 53.1 Å². The van der Waals surface area contributed by atoms with Gasteiger partial charge in [0.2, 0.25) is 5.88 Å². The highest BCUT2D eigenvalue weighted by molar-refractivity contribution is 9.10. The summed E-state index contributed by atoms with van der Waals surface area (Å²) < 4.78 is 6.62. The third-order valence-corrected chi connectivity index (χ3v) is 3.60. The molecule has 0 aliphatic heterocycles. The fourth-order valence-corrected chi connectivity index (χ4v) is 2.63. The summed E-state index contributed by atoms with van der Waals surface area (Å²) in [4.78, 5) is 4.17. The van der Waals surface area contributed by atoms with Crippen LogP contribution in [0.2, 0.25) is 5.02 Å². The van der Waals surface area contributed by atoms with Crippen LogP contribution in [0.1, 0.15) is 0 Å². The molecule has 0 unspecified atom stereocenters. The first-order valence-electron chi connectivity index (χ1n) is 5.91. The van der Waals surface area contributed by atoms with Gasteiger partial charge in [0.15, 0.2) is 0 Å². The van der Waals surface area contributed by atoms with Crippen LogP contribution in [-0.4, -0.2) is 4.98 Å². The number of nitrogen functional groups attached to an aromatic ring is 1. The summed E-state index contributed by atoms with van der Waals surface area (Å²) in [7, 11) is 0. The molecule has 5 heteroatoms. The van der Waals surface area contributed by atoms with Gasteiger partial charge in [-0.1, -0.05) is 35.9 Å². The number of pyridine rings is 1. The lowest BCUT2D eigenvalue weighted by Crippen LogP contribution is -1.92. The lowest BCUT2D eigenvalue weighted by molar-refractivity contribution is 0.468. The van der Waals surface area contributed by atoms with Crippen LogP contribution in [0.25, 0.3) is 10.8 Å². The van der Waals surface area contributed by atoms with Crippen LogP contribution < -0.4 is 10.5 Å². The van der Waals surface area contributed by atoms with E-state index in [0.29, 0.717) is 22.3 Å². The first-order chi connectivity index (χ1) is 9.65. The fourth-order valence-electron chi connectivity index (χ4n) is 1.97. The molecule has 0 saturated carbocycles. The Bertz CT molecular complexity index is 792. The topological polar surface area (TPSA) is 48.1 Å². The van der Waals surface area contributed by atoms with Crippen molar-refractivity contribution in [3.05, 3.63) is 58.2 Å². The minimum atomic E-state index is 0.366. The summed E-state index contributed by atoms with van der Waals surface area (Å²) in [5.74, 6) is 1.04. The molecule has 1 heterocycles. The fraction of sp³-hybridized carbons (Fsp3) is 0. The zero-order chi connectivity index (χ0) is 14.1. The molecule has 1 aromatic heterocycles. The van der Waals surface area contributed by atoms with E-state index in [1.165, 1.54) is 0 Å². The van der Waals surface area contributed by atoms with Gasteiger partial charge in [-0.25, -0.2) is 4.98 Å². The molecule has 0 spiro atoms. The Morgan fingerprint density at radius 1 is 1.10 bits per heavy atom. The largest absolute Gasteiger partial charge is 0.437 e. The van der Waals surface area contributed by atoms with E-state index >= 15 is 0 Å². The zero-order valence-electron chi connectivity index (χ0n) is 10.3. The van der Waals surface area contributed by atoms with Gasteiger partial charge in [-0.15, -0.1) is 0 Å². The Morgan fingerprint density at radius 3 is 2.60 bits per heavy atom. The first kappa shape index (κ1) is 13.2. The van der Waals surface area contributed by atoms with Gasteiger partial charge in [-0.2, -0.15) is 0 Å². The van der Waals surface area contributed by atoms with Gasteiger partial charge in [0, 0.05) is 27.1 Å². The van der Waals surface area contributed by atoms with Crippen molar-refractivity contribution in [2.45, 2.75) is 0 Å². The van der Waals surface area contributed by atoms with E-state index in [1.54, 1.807) is 12.3 Å². The number of nitrogens with two attached hydrogens (primary N) is 1. The quantitative estimate of drug-likeness (QED) is 0.660.